The topological polar surface area (TPSA) is 61.4 Å². The lowest BCUT2D eigenvalue weighted by atomic mass is 9.93. The fourth-order valence-electron chi connectivity index (χ4n) is 4.33. The van der Waals surface area contributed by atoms with Crippen LogP contribution in [0.15, 0.2) is 54.9 Å². The molecule has 1 aliphatic rings. The smallest absolute Gasteiger partial charge is 0.123 e. The summed E-state index contributed by atoms with van der Waals surface area (Å²) in [7, 11) is 0. The molecule has 0 amide bonds. The van der Waals surface area contributed by atoms with Gasteiger partial charge in [0.1, 0.15) is 5.82 Å². The number of nitrogens with one attached hydrogen (secondary N) is 1. The van der Waals surface area contributed by atoms with Gasteiger partial charge in [-0.05, 0) is 86.4 Å². The predicted octanol–water partition coefficient (Wildman–Crippen LogP) is 4.46. The lowest BCUT2D eigenvalue weighted by molar-refractivity contribution is 0.0167. The Labute approximate surface area is 182 Å². The second kappa shape index (κ2) is 10.2. The number of β-amino-alcohol motifs (C(OH)–C–C–N with tert-alkyl or cyclic N) is 1. The zero-order valence-electron chi connectivity index (χ0n) is 17.9. The maximum Gasteiger partial charge on any atom is 0.123 e. The lowest BCUT2D eigenvalue weighted by Gasteiger charge is -2.32. The van der Waals surface area contributed by atoms with E-state index in [1.807, 2.05) is 31.2 Å². The average molecular weight is 424 g/mol. The first-order chi connectivity index (χ1) is 15.1. The second-order valence-corrected chi connectivity index (χ2v) is 8.14. The van der Waals surface area contributed by atoms with Crippen molar-refractivity contribution >= 4 is 0 Å². The summed E-state index contributed by atoms with van der Waals surface area (Å²) >= 11 is 0. The molecule has 31 heavy (non-hydrogen) atoms. The third-order valence-electron chi connectivity index (χ3n) is 5.97. The third-order valence-corrected chi connectivity index (χ3v) is 5.97. The summed E-state index contributed by atoms with van der Waals surface area (Å²) in [4.78, 5) is 10.1. The number of hydrogen-bond donors (Lipinski definition) is 2. The fourth-order valence-corrected chi connectivity index (χ4v) is 4.33. The Hall–Kier alpha value is -2.54. The van der Waals surface area contributed by atoms with Crippen LogP contribution in [0, 0.1) is 5.82 Å². The number of nitrogens with zero attached hydrogens (tertiary/aromatic N) is 2. The van der Waals surface area contributed by atoms with Gasteiger partial charge < -0.3 is 19.7 Å². The molecule has 1 aromatic carbocycles. The standard InChI is InChI=1S/C25H30FN3O2/c1-2-31-17-22(30)16-29-13-9-19(10-14-29)24-15-23(18-7-11-27-12-8-18)25(28-24)20-3-5-21(26)6-4-20/h3-8,11-12,15,19,22,28,30H,2,9-10,13-14,16-17H2,1H3. The number of benzene rings is 1. The molecule has 3 aromatic rings. The van der Waals surface area contributed by atoms with Gasteiger partial charge in [-0.3, -0.25) is 4.98 Å². The summed E-state index contributed by atoms with van der Waals surface area (Å²) in [6.45, 7) is 5.51. The van der Waals surface area contributed by atoms with Crippen LogP contribution in [0.3, 0.4) is 0 Å². The Morgan fingerprint density at radius 3 is 2.52 bits per heavy atom. The number of aliphatic hydroxyl groups is 1. The van der Waals surface area contributed by atoms with Crippen LogP contribution in [0.25, 0.3) is 22.4 Å². The molecule has 2 N–H and O–H groups in total. The molecule has 0 aliphatic carbocycles. The van der Waals surface area contributed by atoms with Gasteiger partial charge >= 0.3 is 0 Å². The average Bonchev–Trinajstić information content (AvgIpc) is 3.25. The van der Waals surface area contributed by atoms with Gasteiger partial charge in [0.15, 0.2) is 0 Å². The number of aliphatic hydroxyl groups excluding tert-OH is 1. The van der Waals surface area contributed by atoms with E-state index in [-0.39, 0.29) is 5.82 Å². The van der Waals surface area contributed by atoms with Crippen LogP contribution < -0.4 is 0 Å². The first-order valence-corrected chi connectivity index (χ1v) is 11.0. The Balaban J connectivity index is 1.51. The van der Waals surface area contributed by atoms with Crippen LogP contribution in [0.4, 0.5) is 4.39 Å². The van der Waals surface area contributed by atoms with E-state index in [1.165, 1.54) is 17.8 Å². The number of H-pyrrole nitrogens is 1. The van der Waals surface area contributed by atoms with Crippen LogP contribution in [0.1, 0.15) is 31.4 Å². The Bertz CT molecular complexity index is 951. The molecule has 5 nitrogen and oxygen atoms in total. The van der Waals surface area contributed by atoms with Gasteiger partial charge in [0.2, 0.25) is 0 Å². The minimum Gasteiger partial charge on any atom is -0.389 e. The molecule has 0 spiro atoms. The van der Waals surface area contributed by atoms with E-state index >= 15 is 0 Å². The molecule has 0 radical (unpaired) electrons. The van der Waals surface area contributed by atoms with E-state index in [1.54, 1.807) is 12.4 Å². The molecule has 1 atom stereocenters. The van der Waals surface area contributed by atoms with E-state index in [4.69, 9.17) is 4.74 Å². The first kappa shape index (κ1) is 21.7. The Kier molecular flexibility index (Phi) is 7.12. The van der Waals surface area contributed by atoms with Crippen LogP contribution in [-0.2, 0) is 4.74 Å². The van der Waals surface area contributed by atoms with Crippen molar-refractivity contribution in [1.82, 2.24) is 14.9 Å². The maximum absolute atomic E-state index is 13.5. The highest BCUT2D eigenvalue weighted by Crippen LogP contribution is 2.37. The first-order valence-electron chi connectivity index (χ1n) is 11.0. The monoisotopic (exact) mass is 423 g/mol. The number of piperidine rings is 1. The van der Waals surface area contributed by atoms with Gasteiger partial charge in [-0.25, -0.2) is 4.39 Å². The Morgan fingerprint density at radius 2 is 1.84 bits per heavy atom. The van der Waals surface area contributed by atoms with E-state index in [0.29, 0.717) is 25.7 Å². The number of aromatic amines is 1. The van der Waals surface area contributed by atoms with Crippen molar-refractivity contribution in [2.45, 2.75) is 31.8 Å². The third kappa shape index (κ3) is 5.39. The van der Waals surface area contributed by atoms with E-state index in [2.05, 4.69) is 20.9 Å². The number of pyridine rings is 1. The van der Waals surface area contributed by atoms with E-state index in [0.717, 1.165) is 48.3 Å². The molecule has 2 aromatic heterocycles. The van der Waals surface area contributed by atoms with Crippen molar-refractivity contribution in [3.05, 3.63) is 66.4 Å². The normalized spacial score (nSPS) is 16.5. The minimum absolute atomic E-state index is 0.236. The molecule has 4 rings (SSSR count). The molecule has 1 unspecified atom stereocenters. The number of likely N-dealkylation sites (tertiary alicyclic amines) is 1. The summed E-state index contributed by atoms with van der Waals surface area (Å²) < 4.78 is 18.8. The van der Waals surface area contributed by atoms with Crippen molar-refractivity contribution in [2.75, 3.05) is 32.8 Å². The molecule has 0 saturated carbocycles. The molecule has 1 fully saturated rings. The van der Waals surface area contributed by atoms with Gasteiger partial charge in [0.05, 0.1) is 18.4 Å². The molecular weight excluding hydrogens is 393 g/mol. The van der Waals surface area contributed by atoms with Crippen molar-refractivity contribution in [1.29, 1.82) is 0 Å². The highest BCUT2D eigenvalue weighted by molar-refractivity contribution is 5.82. The zero-order valence-corrected chi connectivity index (χ0v) is 17.9. The summed E-state index contributed by atoms with van der Waals surface area (Å²) in [6, 6.07) is 12.9. The number of ether oxygens (including phenoxy) is 1. The number of rotatable bonds is 8. The summed E-state index contributed by atoms with van der Waals surface area (Å²) in [5, 5.41) is 10.1. The predicted molar refractivity (Wildman–Crippen MR) is 120 cm³/mol. The zero-order chi connectivity index (χ0) is 21.6. The number of hydrogen-bond acceptors (Lipinski definition) is 4. The molecule has 0 bridgehead atoms. The highest BCUT2D eigenvalue weighted by atomic mass is 19.1. The molecule has 1 saturated heterocycles. The largest absolute Gasteiger partial charge is 0.389 e. The molecule has 1 aliphatic heterocycles. The summed E-state index contributed by atoms with van der Waals surface area (Å²) in [5.41, 5.74) is 5.39. The summed E-state index contributed by atoms with van der Waals surface area (Å²) in [6.07, 6.45) is 5.21. The van der Waals surface area contributed by atoms with Gasteiger partial charge in [0.25, 0.3) is 0 Å². The van der Waals surface area contributed by atoms with E-state index in [9.17, 15) is 9.50 Å². The van der Waals surface area contributed by atoms with Crippen LogP contribution in [-0.4, -0.2) is 58.9 Å². The molecule has 6 heteroatoms. The van der Waals surface area contributed by atoms with Gasteiger partial charge in [-0.1, -0.05) is 0 Å². The van der Waals surface area contributed by atoms with Crippen LogP contribution >= 0.6 is 0 Å². The molecule has 3 heterocycles. The lowest BCUT2D eigenvalue weighted by Crippen LogP contribution is -2.39. The van der Waals surface area contributed by atoms with Gasteiger partial charge in [-0.15, -0.1) is 0 Å². The number of aromatic nitrogens is 2. The van der Waals surface area contributed by atoms with Crippen molar-refractivity contribution < 1.29 is 14.2 Å². The molecular formula is C25H30FN3O2. The quantitative estimate of drug-likeness (QED) is 0.562. The second-order valence-electron chi connectivity index (χ2n) is 8.14. The Morgan fingerprint density at radius 1 is 1.13 bits per heavy atom. The van der Waals surface area contributed by atoms with Gasteiger partial charge in [0, 0.05) is 42.7 Å². The van der Waals surface area contributed by atoms with Crippen LogP contribution in [0.2, 0.25) is 0 Å². The van der Waals surface area contributed by atoms with Crippen molar-refractivity contribution in [2.24, 2.45) is 0 Å². The highest BCUT2D eigenvalue weighted by Gasteiger charge is 2.25. The number of halogens is 1. The van der Waals surface area contributed by atoms with Crippen LogP contribution in [0.5, 0.6) is 0 Å². The summed E-state index contributed by atoms with van der Waals surface area (Å²) in [5.74, 6) is 0.190. The SMILES string of the molecule is CCOCC(O)CN1CCC(c2cc(-c3ccncc3)c(-c3ccc(F)cc3)[nH]2)CC1. The van der Waals surface area contributed by atoms with Gasteiger partial charge in [-0.2, -0.15) is 0 Å². The van der Waals surface area contributed by atoms with Crippen molar-refractivity contribution in [3.63, 3.8) is 0 Å². The van der Waals surface area contributed by atoms with E-state index < -0.39 is 6.10 Å². The van der Waals surface area contributed by atoms with Crippen molar-refractivity contribution in [3.8, 4) is 22.4 Å². The maximum atomic E-state index is 13.5. The molecule has 164 valence electrons. The minimum atomic E-state index is -0.439. The fraction of sp³-hybridized carbons (Fsp3) is 0.400.